The molecule has 1 aromatic rings. The van der Waals surface area contributed by atoms with Crippen LogP contribution >= 0.6 is 15.9 Å². The molecule has 0 spiro atoms. The van der Waals surface area contributed by atoms with E-state index < -0.39 is 5.82 Å². The number of halogens is 2. The van der Waals surface area contributed by atoms with Crippen LogP contribution in [-0.4, -0.2) is 17.3 Å². The number of rotatable bonds is 5. The van der Waals surface area contributed by atoms with Gasteiger partial charge in [-0.15, -0.1) is 0 Å². The summed E-state index contributed by atoms with van der Waals surface area (Å²) >= 11 is 4.01. The minimum atomic E-state index is -0.395. The van der Waals surface area contributed by atoms with Crippen molar-refractivity contribution in [3.63, 3.8) is 0 Å². The van der Waals surface area contributed by atoms with Gasteiger partial charge in [0.25, 0.3) is 0 Å². The van der Waals surface area contributed by atoms with Gasteiger partial charge in [-0.1, -0.05) is 22.0 Å². The van der Waals surface area contributed by atoms with Crippen LogP contribution in [0.25, 0.3) is 0 Å². The molecule has 4 aliphatic carbocycles. The van der Waals surface area contributed by atoms with Gasteiger partial charge in [0.05, 0.1) is 13.2 Å². The van der Waals surface area contributed by atoms with E-state index >= 15 is 0 Å². The number of amides is 1. The minimum absolute atomic E-state index is 0.0896. The molecule has 1 aromatic carbocycles. The molecule has 0 aromatic heterocycles. The van der Waals surface area contributed by atoms with Crippen molar-refractivity contribution in [1.82, 2.24) is 5.32 Å². The Labute approximate surface area is 163 Å². The van der Waals surface area contributed by atoms with Gasteiger partial charge in [-0.25, -0.2) is 4.39 Å². The van der Waals surface area contributed by atoms with Gasteiger partial charge in [0.15, 0.2) is 11.6 Å². The molecule has 1 amide bonds. The van der Waals surface area contributed by atoms with Crippen LogP contribution in [-0.2, 0) is 4.79 Å². The SMILES string of the molecule is COc1ccc([C@H](C)NC(=O)CC23C[C@H]4C[C@@H](CC(Br)(C4)C2)C3)cc1F. The second kappa shape index (κ2) is 6.50. The van der Waals surface area contributed by atoms with E-state index in [1.54, 1.807) is 6.07 Å². The first-order valence-corrected chi connectivity index (χ1v) is 10.4. The Kier molecular flexibility index (Phi) is 4.57. The normalized spacial score (nSPS) is 36.0. The lowest BCUT2D eigenvalue weighted by Gasteiger charge is -2.60. The third kappa shape index (κ3) is 3.39. The fourth-order valence-corrected chi connectivity index (χ4v) is 7.72. The molecular weight excluding hydrogens is 397 g/mol. The zero-order valence-corrected chi connectivity index (χ0v) is 17.1. The van der Waals surface area contributed by atoms with Gasteiger partial charge >= 0.3 is 0 Å². The molecule has 4 saturated carbocycles. The topological polar surface area (TPSA) is 38.3 Å². The molecule has 0 saturated heterocycles. The third-order valence-electron chi connectivity index (χ3n) is 6.70. The van der Waals surface area contributed by atoms with E-state index in [0.29, 0.717) is 6.42 Å². The fraction of sp³-hybridized carbons (Fsp3) is 0.667. The van der Waals surface area contributed by atoms with Gasteiger partial charge in [0.2, 0.25) is 5.91 Å². The van der Waals surface area contributed by atoms with Crippen molar-refractivity contribution in [2.24, 2.45) is 17.3 Å². The fourth-order valence-electron chi connectivity index (χ4n) is 6.21. The number of carbonyl (C=O) groups is 1. The summed E-state index contributed by atoms with van der Waals surface area (Å²) in [6.45, 7) is 1.91. The second-order valence-electron chi connectivity index (χ2n) is 8.97. The molecule has 4 fully saturated rings. The maximum absolute atomic E-state index is 13.9. The summed E-state index contributed by atoms with van der Waals surface area (Å²) < 4.78 is 19.2. The van der Waals surface area contributed by atoms with Crippen LogP contribution in [0.2, 0.25) is 0 Å². The number of hydrogen-bond donors (Lipinski definition) is 1. The van der Waals surface area contributed by atoms with E-state index in [4.69, 9.17) is 4.74 Å². The van der Waals surface area contributed by atoms with E-state index in [9.17, 15) is 9.18 Å². The van der Waals surface area contributed by atoms with Crippen molar-refractivity contribution in [3.8, 4) is 5.75 Å². The monoisotopic (exact) mass is 423 g/mol. The van der Waals surface area contributed by atoms with Crippen LogP contribution < -0.4 is 10.1 Å². The Morgan fingerprint density at radius 2 is 2.04 bits per heavy atom. The number of nitrogens with one attached hydrogen (secondary N) is 1. The summed E-state index contributed by atoms with van der Waals surface area (Å²) in [4.78, 5) is 12.8. The standard InChI is InChI=1S/C21H27BrFNO2/c1-13(16-3-4-18(26-2)17(23)6-16)24-19(25)11-20-7-14-5-15(8-20)10-21(22,9-14)12-20/h3-4,6,13-15H,5,7-12H2,1-2H3,(H,24,25)/t13-,14+,15+,20?,21?/m0/s1. The van der Waals surface area contributed by atoms with Crippen molar-refractivity contribution in [2.75, 3.05) is 7.11 Å². The zero-order valence-electron chi connectivity index (χ0n) is 15.5. The zero-order chi connectivity index (χ0) is 18.5. The lowest BCUT2D eigenvalue weighted by Crippen LogP contribution is -2.54. The predicted octanol–water partition coefficient (Wildman–Crippen LogP) is 5.14. The number of alkyl halides is 1. The van der Waals surface area contributed by atoms with Gasteiger partial charge in [0.1, 0.15) is 0 Å². The summed E-state index contributed by atoms with van der Waals surface area (Å²) in [5, 5.41) is 3.09. The lowest BCUT2D eigenvalue weighted by molar-refractivity contribution is -0.128. The number of ether oxygens (including phenoxy) is 1. The molecule has 5 heteroatoms. The van der Waals surface area contributed by atoms with Gasteiger partial charge < -0.3 is 10.1 Å². The number of benzene rings is 1. The minimum Gasteiger partial charge on any atom is -0.494 e. The first-order valence-electron chi connectivity index (χ1n) is 9.62. The summed E-state index contributed by atoms with van der Waals surface area (Å²) in [6, 6.07) is 4.66. The highest BCUT2D eigenvalue weighted by atomic mass is 79.9. The van der Waals surface area contributed by atoms with Crippen LogP contribution in [0.1, 0.15) is 63.5 Å². The number of hydrogen-bond acceptors (Lipinski definition) is 2. The number of methoxy groups -OCH3 is 1. The van der Waals surface area contributed by atoms with Crippen molar-refractivity contribution >= 4 is 21.8 Å². The van der Waals surface area contributed by atoms with Crippen LogP contribution in [0.4, 0.5) is 4.39 Å². The summed E-state index contributed by atoms with van der Waals surface area (Å²) in [6.07, 6.45) is 7.98. The van der Waals surface area contributed by atoms with E-state index in [1.807, 2.05) is 13.0 Å². The molecule has 0 unspecified atom stereocenters. The Bertz CT molecular complexity index is 708. The van der Waals surface area contributed by atoms with E-state index in [1.165, 1.54) is 45.3 Å². The predicted molar refractivity (Wildman–Crippen MR) is 103 cm³/mol. The molecule has 4 bridgehead atoms. The average Bonchev–Trinajstić information content (AvgIpc) is 2.51. The highest BCUT2D eigenvalue weighted by Gasteiger charge is 2.57. The van der Waals surface area contributed by atoms with Gasteiger partial charge in [-0.2, -0.15) is 0 Å². The molecule has 26 heavy (non-hydrogen) atoms. The van der Waals surface area contributed by atoms with Crippen molar-refractivity contribution in [1.29, 1.82) is 0 Å². The van der Waals surface area contributed by atoms with Gasteiger partial charge in [-0.3, -0.25) is 4.79 Å². The van der Waals surface area contributed by atoms with E-state index in [2.05, 4.69) is 21.2 Å². The molecular formula is C21H27BrFNO2. The smallest absolute Gasteiger partial charge is 0.221 e. The summed E-state index contributed by atoms with van der Waals surface area (Å²) in [5.41, 5.74) is 0.918. The first-order chi connectivity index (χ1) is 12.3. The Hall–Kier alpha value is -1.10. The third-order valence-corrected chi connectivity index (χ3v) is 7.63. The summed E-state index contributed by atoms with van der Waals surface area (Å²) in [5.74, 6) is 1.47. The molecule has 3 atom stereocenters. The Balaban J connectivity index is 1.42. The van der Waals surface area contributed by atoms with Gasteiger partial charge in [0, 0.05) is 10.7 Å². The first kappa shape index (κ1) is 18.3. The van der Waals surface area contributed by atoms with Crippen LogP contribution in [0.5, 0.6) is 5.75 Å². The molecule has 0 aliphatic heterocycles. The van der Waals surface area contributed by atoms with Crippen LogP contribution in [0.15, 0.2) is 18.2 Å². The molecule has 0 radical (unpaired) electrons. The molecule has 1 N–H and O–H groups in total. The molecule has 142 valence electrons. The summed E-state index contributed by atoms with van der Waals surface area (Å²) in [7, 11) is 1.45. The Morgan fingerprint density at radius 1 is 1.35 bits per heavy atom. The highest BCUT2D eigenvalue weighted by Crippen LogP contribution is 2.65. The highest BCUT2D eigenvalue weighted by molar-refractivity contribution is 9.10. The van der Waals surface area contributed by atoms with Crippen molar-refractivity contribution in [2.45, 2.75) is 62.2 Å². The molecule has 5 rings (SSSR count). The second-order valence-corrected chi connectivity index (χ2v) is 10.7. The van der Waals surface area contributed by atoms with Crippen LogP contribution in [0.3, 0.4) is 0 Å². The Morgan fingerprint density at radius 3 is 2.62 bits per heavy atom. The molecule has 3 nitrogen and oxygen atoms in total. The van der Waals surface area contributed by atoms with Crippen molar-refractivity contribution in [3.05, 3.63) is 29.6 Å². The molecule has 4 aliphatic rings. The van der Waals surface area contributed by atoms with Crippen LogP contribution in [0, 0.1) is 23.1 Å². The number of carbonyl (C=O) groups excluding carboxylic acids is 1. The maximum atomic E-state index is 13.9. The average molecular weight is 424 g/mol. The molecule has 0 heterocycles. The van der Waals surface area contributed by atoms with Crippen molar-refractivity contribution < 1.29 is 13.9 Å². The quantitative estimate of drug-likeness (QED) is 0.666. The maximum Gasteiger partial charge on any atom is 0.221 e. The van der Waals surface area contributed by atoms with E-state index in [-0.39, 0.29) is 27.4 Å². The van der Waals surface area contributed by atoms with E-state index in [0.717, 1.165) is 23.8 Å². The lowest BCUT2D eigenvalue weighted by atomic mass is 9.48. The largest absolute Gasteiger partial charge is 0.494 e. The van der Waals surface area contributed by atoms with Gasteiger partial charge in [-0.05, 0) is 80.4 Å².